The monoisotopic (exact) mass is 223 g/mol. The molecule has 0 bridgehead atoms. The third-order valence-corrected chi connectivity index (χ3v) is 3.40. The van der Waals surface area contributed by atoms with Gasteiger partial charge in [0.25, 0.3) is 0 Å². The molecule has 1 saturated heterocycles. The molecule has 4 heteroatoms. The van der Waals surface area contributed by atoms with E-state index in [-0.39, 0.29) is 0 Å². The second-order valence-corrected chi connectivity index (χ2v) is 4.54. The van der Waals surface area contributed by atoms with Gasteiger partial charge in [0.1, 0.15) is 0 Å². The van der Waals surface area contributed by atoms with Crippen LogP contribution in [0, 0.1) is 13.8 Å². The van der Waals surface area contributed by atoms with Crippen LogP contribution in [0.2, 0.25) is 0 Å². The summed E-state index contributed by atoms with van der Waals surface area (Å²) in [4.78, 5) is 0. The number of aromatic nitrogens is 2. The van der Waals surface area contributed by atoms with Gasteiger partial charge in [-0.1, -0.05) is 0 Å². The first-order valence-electron chi connectivity index (χ1n) is 5.98. The number of rotatable bonds is 3. The molecule has 0 radical (unpaired) electrons. The molecule has 0 spiro atoms. The molecule has 90 valence electrons. The highest BCUT2D eigenvalue weighted by Gasteiger charge is 2.15. The number of nitrogens with one attached hydrogen (secondary N) is 1. The molecule has 0 aromatic carbocycles. The SMILES string of the molecule is Cc1nn(C)c(C)c1CCC1COCCN1. The van der Waals surface area contributed by atoms with Gasteiger partial charge in [-0.15, -0.1) is 0 Å². The van der Waals surface area contributed by atoms with Gasteiger partial charge >= 0.3 is 0 Å². The Labute approximate surface area is 97.0 Å². The van der Waals surface area contributed by atoms with Crippen molar-refractivity contribution >= 4 is 0 Å². The van der Waals surface area contributed by atoms with Gasteiger partial charge in [-0.05, 0) is 32.3 Å². The molecule has 1 aromatic rings. The van der Waals surface area contributed by atoms with Gasteiger partial charge in [0.2, 0.25) is 0 Å². The van der Waals surface area contributed by atoms with Crippen molar-refractivity contribution in [2.24, 2.45) is 7.05 Å². The van der Waals surface area contributed by atoms with E-state index in [1.807, 2.05) is 11.7 Å². The highest BCUT2D eigenvalue weighted by atomic mass is 16.5. The number of hydrogen-bond donors (Lipinski definition) is 1. The van der Waals surface area contributed by atoms with E-state index in [1.54, 1.807) is 0 Å². The van der Waals surface area contributed by atoms with Crippen molar-refractivity contribution in [3.8, 4) is 0 Å². The summed E-state index contributed by atoms with van der Waals surface area (Å²) < 4.78 is 7.42. The fraction of sp³-hybridized carbons (Fsp3) is 0.750. The third-order valence-electron chi connectivity index (χ3n) is 3.40. The first-order valence-corrected chi connectivity index (χ1v) is 5.98. The summed E-state index contributed by atoms with van der Waals surface area (Å²) in [5.41, 5.74) is 3.85. The maximum absolute atomic E-state index is 5.45. The minimum Gasteiger partial charge on any atom is -0.379 e. The van der Waals surface area contributed by atoms with Crippen LogP contribution in [0.25, 0.3) is 0 Å². The van der Waals surface area contributed by atoms with Crippen molar-refractivity contribution in [2.45, 2.75) is 32.7 Å². The Kier molecular flexibility index (Phi) is 3.61. The fourth-order valence-corrected chi connectivity index (χ4v) is 2.30. The van der Waals surface area contributed by atoms with Crippen molar-refractivity contribution in [2.75, 3.05) is 19.8 Å². The topological polar surface area (TPSA) is 39.1 Å². The summed E-state index contributed by atoms with van der Waals surface area (Å²) in [5.74, 6) is 0. The highest BCUT2D eigenvalue weighted by Crippen LogP contribution is 2.15. The summed E-state index contributed by atoms with van der Waals surface area (Å²) in [6, 6.07) is 0.507. The van der Waals surface area contributed by atoms with E-state index in [2.05, 4.69) is 24.3 Å². The first kappa shape index (κ1) is 11.6. The summed E-state index contributed by atoms with van der Waals surface area (Å²) in [5, 5.41) is 7.92. The fourth-order valence-electron chi connectivity index (χ4n) is 2.30. The molecule has 1 N–H and O–H groups in total. The van der Waals surface area contributed by atoms with E-state index in [0.29, 0.717) is 6.04 Å². The van der Waals surface area contributed by atoms with Crippen LogP contribution >= 0.6 is 0 Å². The average Bonchev–Trinajstić information content (AvgIpc) is 2.53. The average molecular weight is 223 g/mol. The molecule has 0 aliphatic carbocycles. The van der Waals surface area contributed by atoms with E-state index in [4.69, 9.17) is 4.74 Å². The Bertz CT molecular complexity index is 353. The Balaban J connectivity index is 1.93. The predicted molar refractivity (Wildman–Crippen MR) is 63.6 cm³/mol. The Morgan fingerprint density at radius 3 is 2.88 bits per heavy atom. The molecule has 2 heterocycles. The minimum absolute atomic E-state index is 0.507. The number of aryl methyl sites for hydroxylation is 2. The standard InChI is InChI=1S/C12H21N3O/c1-9-12(10(2)15(3)14-9)5-4-11-8-16-7-6-13-11/h11,13H,4-8H2,1-3H3. The molecule has 2 rings (SSSR count). The van der Waals surface area contributed by atoms with Crippen molar-refractivity contribution in [1.82, 2.24) is 15.1 Å². The number of ether oxygens (including phenoxy) is 1. The van der Waals surface area contributed by atoms with Crippen LogP contribution in [0.1, 0.15) is 23.4 Å². The normalized spacial score (nSPS) is 21.3. The van der Waals surface area contributed by atoms with E-state index >= 15 is 0 Å². The lowest BCUT2D eigenvalue weighted by Crippen LogP contribution is -2.41. The van der Waals surface area contributed by atoms with Crippen LogP contribution in [-0.2, 0) is 18.2 Å². The van der Waals surface area contributed by atoms with E-state index in [9.17, 15) is 0 Å². The second-order valence-electron chi connectivity index (χ2n) is 4.54. The van der Waals surface area contributed by atoms with Crippen LogP contribution in [-0.4, -0.2) is 35.6 Å². The van der Waals surface area contributed by atoms with Gasteiger partial charge in [-0.3, -0.25) is 4.68 Å². The number of morpholine rings is 1. The molecule has 1 fully saturated rings. The molecule has 0 amide bonds. The molecule has 1 aliphatic rings. The number of nitrogens with zero attached hydrogens (tertiary/aromatic N) is 2. The van der Waals surface area contributed by atoms with Crippen LogP contribution in [0.3, 0.4) is 0 Å². The largest absolute Gasteiger partial charge is 0.379 e. The van der Waals surface area contributed by atoms with E-state index in [0.717, 1.165) is 38.3 Å². The summed E-state index contributed by atoms with van der Waals surface area (Å²) in [7, 11) is 2.01. The Morgan fingerprint density at radius 1 is 1.50 bits per heavy atom. The Hall–Kier alpha value is -0.870. The lowest BCUT2D eigenvalue weighted by atomic mass is 10.0. The molecule has 1 unspecified atom stereocenters. The van der Waals surface area contributed by atoms with Gasteiger partial charge in [0.15, 0.2) is 0 Å². The van der Waals surface area contributed by atoms with Gasteiger partial charge in [-0.25, -0.2) is 0 Å². The zero-order valence-corrected chi connectivity index (χ0v) is 10.4. The van der Waals surface area contributed by atoms with Gasteiger partial charge in [0, 0.05) is 25.3 Å². The van der Waals surface area contributed by atoms with Crippen LogP contribution in [0.15, 0.2) is 0 Å². The molecule has 1 aromatic heterocycles. The molecule has 1 aliphatic heterocycles. The van der Waals surface area contributed by atoms with E-state index in [1.165, 1.54) is 11.3 Å². The van der Waals surface area contributed by atoms with Gasteiger partial charge in [0.05, 0.1) is 18.9 Å². The quantitative estimate of drug-likeness (QED) is 0.829. The summed E-state index contributed by atoms with van der Waals surface area (Å²) in [6.45, 7) is 6.91. The van der Waals surface area contributed by atoms with Gasteiger partial charge in [-0.2, -0.15) is 5.10 Å². The molecule has 4 nitrogen and oxygen atoms in total. The Morgan fingerprint density at radius 2 is 2.31 bits per heavy atom. The molecular weight excluding hydrogens is 202 g/mol. The second kappa shape index (κ2) is 4.97. The van der Waals surface area contributed by atoms with Crippen LogP contribution in [0.5, 0.6) is 0 Å². The van der Waals surface area contributed by atoms with Crippen molar-refractivity contribution in [1.29, 1.82) is 0 Å². The molecular formula is C12H21N3O. The third kappa shape index (κ3) is 2.44. The van der Waals surface area contributed by atoms with Crippen LogP contribution < -0.4 is 5.32 Å². The summed E-state index contributed by atoms with van der Waals surface area (Å²) in [6.07, 6.45) is 2.22. The zero-order valence-electron chi connectivity index (χ0n) is 10.4. The lowest BCUT2D eigenvalue weighted by Gasteiger charge is -2.23. The van der Waals surface area contributed by atoms with Crippen molar-refractivity contribution in [3.63, 3.8) is 0 Å². The lowest BCUT2D eigenvalue weighted by molar-refractivity contribution is 0.0743. The maximum atomic E-state index is 5.45. The minimum atomic E-state index is 0.507. The predicted octanol–water partition coefficient (Wildman–Crippen LogP) is 0.958. The summed E-state index contributed by atoms with van der Waals surface area (Å²) >= 11 is 0. The molecule has 0 saturated carbocycles. The zero-order chi connectivity index (χ0) is 11.5. The maximum Gasteiger partial charge on any atom is 0.0628 e. The first-order chi connectivity index (χ1) is 7.68. The van der Waals surface area contributed by atoms with Gasteiger partial charge < -0.3 is 10.1 Å². The van der Waals surface area contributed by atoms with Crippen LogP contribution in [0.4, 0.5) is 0 Å². The molecule has 1 atom stereocenters. The number of hydrogen-bond acceptors (Lipinski definition) is 3. The highest BCUT2D eigenvalue weighted by molar-refractivity contribution is 5.24. The van der Waals surface area contributed by atoms with Crippen molar-refractivity contribution in [3.05, 3.63) is 17.0 Å². The smallest absolute Gasteiger partial charge is 0.0628 e. The van der Waals surface area contributed by atoms with Crippen molar-refractivity contribution < 1.29 is 4.74 Å². The van der Waals surface area contributed by atoms with E-state index < -0.39 is 0 Å². The molecule has 16 heavy (non-hydrogen) atoms.